The minimum absolute atomic E-state index is 0.290. The molecule has 0 saturated heterocycles. The predicted molar refractivity (Wildman–Crippen MR) is 74.7 cm³/mol. The van der Waals surface area contributed by atoms with Gasteiger partial charge in [-0.05, 0) is 33.4 Å². The van der Waals surface area contributed by atoms with Crippen LogP contribution in [0.5, 0.6) is 0 Å². The van der Waals surface area contributed by atoms with Gasteiger partial charge in [-0.15, -0.1) is 0 Å². The average molecular weight is 243 g/mol. The van der Waals surface area contributed by atoms with Gasteiger partial charge in [-0.3, -0.25) is 0 Å². The van der Waals surface area contributed by atoms with Gasteiger partial charge in [0.2, 0.25) is 0 Å². The Kier molecular flexibility index (Phi) is 3.82. The molecule has 2 rings (SSSR count). The van der Waals surface area contributed by atoms with Gasteiger partial charge in [0.25, 0.3) is 0 Å². The van der Waals surface area contributed by atoms with Crippen molar-refractivity contribution in [1.82, 2.24) is 14.9 Å². The van der Waals surface area contributed by atoms with E-state index in [0.29, 0.717) is 12.1 Å². The third-order valence-electron chi connectivity index (χ3n) is 3.53. The van der Waals surface area contributed by atoms with E-state index in [9.17, 15) is 0 Å². The Balaban J connectivity index is 2.28. The summed E-state index contributed by atoms with van der Waals surface area (Å²) in [5, 5.41) is 3.40. The van der Waals surface area contributed by atoms with Crippen LogP contribution in [0.3, 0.4) is 0 Å². The van der Waals surface area contributed by atoms with Crippen LogP contribution in [0.4, 0.5) is 0 Å². The van der Waals surface area contributed by atoms with Crippen LogP contribution in [0.1, 0.15) is 36.0 Å². The summed E-state index contributed by atoms with van der Waals surface area (Å²) < 4.78 is 2.21. The van der Waals surface area contributed by atoms with E-state index in [1.165, 1.54) is 11.1 Å². The second-order valence-electron chi connectivity index (χ2n) is 4.80. The number of hydrogen-bond donors (Lipinski definition) is 1. The van der Waals surface area contributed by atoms with Crippen LogP contribution < -0.4 is 5.32 Å². The zero-order valence-corrected chi connectivity index (χ0v) is 11.5. The molecular weight excluding hydrogens is 222 g/mol. The van der Waals surface area contributed by atoms with Crippen LogP contribution in [-0.2, 0) is 0 Å². The number of imidazole rings is 1. The maximum absolute atomic E-state index is 4.30. The van der Waals surface area contributed by atoms with Gasteiger partial charge in [0.05, 0.1) is 12.1 Å². The zero-order chi connectivity index (χ0) is 13.1. The van der Waals surface area contributed by atoms with Crippen LogP contribution in [0.25, 0.3) is 0 Å². The van der Waals surface area contributed by atoms with E-state index in [-0.39, 0.29) is 0 Å². The summed E-state index contributed by atoms with van der Waals surface area (Å²) in [6.45, 7) is 6.37. The van der Waals surface area contributed by atoms with Gasteiger partial charge in [-0.2, -0.15) is 0 Å². The smallest absolute Gasteiger partial charge is 0.105 e. The summed E-state index contributed by atoms with van der Waals surface area (Å²) >= 11 is 0. The molecule has 2 atom stereocenters. The first-order valence-electron chi connectivity index (χ1n) is 6.36. The van der Waals surface area contributed by atoms with Crippen LogP contribution in [0.15, 0.2) is 36.7 Å². The van der Waals surface area contributed by atoms with Crippen LogP contribution >= 0.6 is 0 Å². The van der Waals surface area contributed by atoms with Crippen molar-refractivity contribution in [2.75, 3.05) is 7.05 Å². The molecule has 1 aromatic carbocycles. The zero-order valence-electron chi connectivity index (χ0n) is 11.5. The lowest BCUT2D eigenvalue weighted by atomic mass is 9.99. The quantitative estimate of drug-likeness (QED) is 0.894. The molecule has 2 unspecified atom stereocenters. The largest absolute Gasteiger partial charge is 0.330 e. The molecule has 0 amide bonds. The molecule has 0 radical (unpaired) electrons. The molecule has 0 fully saturated rings. The molecule has 0 aliphatic carbocycles. The predicted octanol–water partition coefficient (Wildman–Crippen LogP) is 3.02. The lowest BCUT2D eigenvalue weighted by Gasteiger charge is -2.26. The fourth-order valence-corrected chi connectivity index (χ4v) is 2.44. The third-order valence-corrected chi connectivity index (χ3v) is 3.53. The number of benzene rings is 1. The topological polar surface area (TPSA) is 29.9 Å². The summed E-state index contributed by atoms with van der Waals surface area (Å²) in [6.07, 6.45) is 3.90. The fraction of sp³-hybridized carbons (Fsp3) is 0.400. The van der Waals surface area contributed by atoms with Crippen LogP contribution in [0.2, 0.25) is 0 Å². The summed E-state index contributed by atoms with van der Waals surface area (Å²) in [7, 11) is 2.01. The summed E-state index contributed by atoms with van der Waals surface area (Å²) in [5.41, 5.74) is 2.60. The number of nitrogens with one attached hydrogen (secondary N) is 1. The second kappa shape index (κ2) is 5.36. The molecule has 0 aliphatic rings. The number of aromatic nitrogens is 2. The number of hydrogen-bond acceptors (Lipinski definition) is 2. The number of likely N-dealkylation sites (N-methyl/N-ethyl adjacent to an activating group) is 1. The number of aryl methyl sites for hydroxylation is 2. The van der Waals surface area contributed by atoms with Crippen molar-refractivity contribution >= 4 is 0 Å². The SMILES string of the molecule is CNC(c1ccc(C)cc1)C(C)n1ccnc1C. The molecular formula is C15H21N3. The highest BCUT2D eigenvalue weighted by atomic mass is 15.1. The van der Waals surface area contributed by atoms with Gasteiger partial charge >= 0.3 is 0 Å². The highest BCUT2D eigenvalue weighted by Crippen LogP contribution is 2.26. The van der Waals surface area contributed by atoms with E-state index in [1.54, 1.807) is 0 Å². The van der Waals surface area contributed by atoms with Crippen LogP contribution in [-0.4, -0.2) is 16.6 Å². The Morgan fingerprint density at radius 3 is 2.33 bits per heavy atom. The van der Waals surface area contributed by atoms with Crippen molar-refractivity contribution in [3.05, 3.63) is 53.6 Å². The maximum Gasteiger partial charge on any atom is 0.105 e. The number of nitrogens with zero attached hydrogens (tertiary/aromatic N) is 2. The summed E-state index contributed by atoms with van der Waals surface area (Å²) in [4.78, 5) is 4.30. The van der Waals surface area contributed by atoms with Crippen molar-refractivity contribution < 1.29 is 0 Å². The lowest BCUT2D eigenvalue weighted by Crippen LogP contribution is -2.26. The summed E-state index contributed by atoms with van der Waals surface area (Å²) in [6, 6.07) is 9.33. The van der Waals surface area contributed by atoms with Gasteiger partial charge < -0.3 is 9.88 Å². The van der Waals surface area contributed by atoms with E-state index >= 15 is 0 Å². The van der Waals surface area contributed by atoms with Crippen LogP contribution in [0, 0.1) is 13.8 Å². The minimum Gasteiger partial charge on any atom is -0.330 e. The van der Waals surface area contributed by atoms with Crippen molar-refractivity contribution in [2.24, 2.45) is 0 Å². The summed E-state index contributed by atoms with van der Waals surface area (Å²) in [5.74, 6) is 1.05. The normalized spacial score (nSPS) is 14.4. The van der Waals surface area contributed by atoms with Gasteiger partial charge in [-0.25, -0.2) is 4.98 Å². The molecule has 1 N–H and O–H groups in total. The Morgan fingerprint density at radius 2 is 1.83 bits per heavy atom. The van der Waals surface area contributed by atoms with Gasteiger partial charge in [-0.1, -0.05) is 29.8 Å². The minimum atomic E-state index is 0.290. The van der Waals surface area contributed by atoms with Gasteiger partial charge in [0.15, 0.2) is 0 Å². The highest BCUT2D eigenvalue weighted by Gasteiger charge is 2.19. The Labute approximate surface area is 109 Å². The fourth-order valence-electron chi connectivity index (χ4n) is 2.44. The molecule has 0 saturated carbocycles. The van der Waals surface area contributed by atoms with Gasteiger partial charge in [0.1, 0.15) is 5.82 Å². The van der Waals surface area contributed by atoms with Crippen molar-refractivity contribution in [1.29, 1.82) is 0 Å². The molecule has 2 aromatic rings. The first-order chi connectivity index (χ1) is 8.63. The molecule has 3 heteroatoms. The highest BCUT2D eigenvalue weighted by molar-refractivity contribution is 5.25. The lowest BCUT2D eigenvalue weighted by molar-refractivity contribution is 0.395. The van der Waals surface area contributed by atoms with E-state index < -0.39 is 0 Å². The first-order valence-corrected chi connectivity index (χ1v) is 6.36. The van der Waals surface area contributed by atoms with E-state index in [0.717, 1.165) is 5.82 Å². The van der Waals surface area contributed by atoms with Crippen molar-refractivity contribution in [3.8, 4) is 0 Å². The molecule has 96 valence electrons. The monoisotopic (exact) mass is 243 g/mol. The van der Waals surface area contributed by atoms with Crippen molar-refractivity contribution in [2.45, 2.75) is 32.9 Å². The number of rotatable bonds is 4. The van der Waals surface area contributed by atoms with Gasteiger partial charge in [0, 0.05) is 12.4 Å². The standard InChI is InChI=1S/C15H21N3/c1-11-5-7-14(8-6-11)15(16-4)12(2)18-10-9-17-13(18)3/h5-10,12,15-16H,1-4H3. The Hall–Kier alpha value is -1.61. The molecule has 3 nitrogen and oxygen atoms in total. The molecule has 1 heterocycles. The first kappa shape index (κ1) is 12.8. The second-order valence-corrected chi connectivity index (χ2v) is 4.80. The van der Waals surface area contributed by atoms with Crippen molar-refractivity contribution in [3.63, 3.8) is 0 Å². The van der Waals surface area contributed by atoms with E-state index in [4.69, 9.17) is 0 Å². The molecule has 0 spiro atoms. The molecule has 0 bridgehead atoms. The Bertz CT molecular complexity index is 499. The van der Waals surface area contributed by atoms with E-state index in [2.05, 4.69) is 53.0 Å². The molecule has 18 heavy (non-hydrogen) atoms. The molecule has 1 aromatic heterocycles. The third kappa shape index (κ3) is 2.46. The van der Waals surface area contributed by atoms with E-state index in [1.807, 2.05) is 26.4 Å². The molecule has 0 aliphatic heterocycles. The Morgan fingerprint density at radius 1 is 1.17 bits per heavy atom. The maximum atomic E-state index is 4.30. The average Bonchev–Trinajstić information content (AvgIpc) is 2.78.